The molecule has 1 N–H and O–H groups in total. The minimum absolute atomic E-state index is 0.0209. The smallest absolute Gasteiger partial charge is 0.243 e. The number of hydrogen-bond donors (Lipinski definition) is 1. The van der Waals surface area contributed by atoms with Crippen molar-refractivity contribution in [3.05, 3.63) is 89.0 Å². The minimum atomic E-state index is -0.0209. The van der Waals surface area contributed by atoms with Gasteiger partial charge < -0.3 is 5.32 Å². The van der Waals surface area contributed by atoms with Gasteiger partial charge in [0, 0.05) is 12.6 Å². The Labute approximate surface area is 150 Å². The van der Waals surface area contributed by atoms with Gasteiger partial charge in [-0.1, -0.05) is 74.5 Å². The molecule has 25 heavy (non-hydrogen) atoms. The van der Waals surface area contributed by atoms with E-state index in [9.17, 15) is 4.79 Å². The molecule has 2 heteroatoms. The lowest BCUT2D eigenvalue weighted by atomic mass is 9.82. The molecule has 0 radical (unpaired) electrons. The van der Waals surface area contributed by atoms with Crippen LogP contribution in [0.5, 0.6) is 0 Å². The Morgan fingerprint density at radius 2 is 1.76 bits per heavy atom. The number of carbonyl (C=O) groups is 1. The van der Waals surface area contributed by atoms with Crippen LogP contribution in [0.15, 0.2) is 72.3 Å². The highest BCUT2D eigenvalue weighted by Crippen LogP contribution is 2.36. The average molecular weight is 331 g/mol. The molecule has 0 aliphatic heterocycles. The van der Waals surface area contributed by atoms with Crippen molar-refractivity contribution in [1.82, 2.24) is 5.32 Å². The van der Waals surface area contributed by atoms with Crippen LogP contribution < -0.4 is 5.32 Å². The summed E-state index contributed by atoms with van der Waals surface area (Å²) in [5, 5.41) is 2.95. The van der Waals surface area contributed by atoms with E-state index in [0.717, 1.165) is 12.8 Å². The van der Waals surface area contributed by atoms with Crippen molar-refractivity contribution in [2.75, 3.05) is 6.54 Å². The van der Waals surface area contributed by atoms with Gasteiger partial charge in [0.05, 0.1) is 0 Å². The molecule has 2 aromatic rings. The molecule has 0 atom stereocenters. The summed E-state index contributed by atoms with van der Waals surface area (Å²) in [6, 6.07) is 19.0. The zero-order chi connectivity index (χ0) is 17.6. The minimum Gasteiger partial charge on any atom is -0.352 e. The van der Waals surface area contributed by atoms with Crippen LogP contribution in [0.2, 0.25) is 0 Å². The normalized spacial score (nSPS) is 14.0. The highest BCUT2D eigenvalue weighted by atomic mass is 16.1. The van der Waals surface area contributed by atoms with E-state index < -0.39 is 0 Å². The first kappa shape index (κ1) is 17.2. The maximum atomic E-state index is 12.1. The molecule has 1 aliphatic rings. The van der Waals surface area contributed by atoms with Crippen molar-refractivity contribution >= 4 is 11.5 Å². The Kier molecular flexibility index (Phi) is 5.49. The van der Waals surface area contributed by atoms with E-state index in [0.29, 0.717) is 12.5 Å². The van der Waals surface area contributed by atoms with Crippen molar-refractivity contribution in [2.24, 2.45) is 5.92 Å². The summed E-state index contributed by atoms with van der Waals surface area (Å²) in [7, 11) is 0. The Morgan fingerprint density at radius 1 is 1.04 bits per heavy atom. The van der Waals surface area contributed by atoms with Crippen LogP contribution in [-0.2, 0) is 11.2 Å². The van der Waals surface area contributed by atoms with Gasteiger partial charge in [0.1, 0.15) is 0 Å². The van der Waals surface area contributed by atoms with E-state index in [1.54, 1.807) is 6.08 Å². The summed E-state index contributed by atoms with van der Waals surface area (Å²) in [4.78, 5) is 12.1. The first-order valence-electron chi connectivity index (χ1n) is 8.98. The molecule has 0 bridgehead atoms. The van der Waals surface area contributed by atoms with Gasteiger partial charge >= 0.3 is 0 Å². The zero-order valence-electron chi connectivity index (χ0n) is 15.0. The van der Waals surface area contributed by atoms with Crippen LogP contribution in [0.3, 0.4) is 0 Å². The fourth-order valence-corrected chi connectivity index (χ4v) is 3.20. The number of aryl methyl sites for hydroxylation is 1. The second-order valence-corrected chi connectivity index (χ2v) is 6.90. The van der Waals surface area contributed by atoms with E-state index in [2.05, 4.69) is 67.7 Å². The number of carbonyl (C=O) groups excluding carboxylic acids is 1. The summed E-state index contributed by atoms with van der Waals surface area (Å²) < 4.78 is 0. The molecule has 0 fully saturated rings. The standard InChI is InChI=1S/C23H25NO/c1-17(2)16-24-22(25)15-14-20-13-12-18-8-6-7-11-21(18)23(20)19-9-4-3-5-10-19/h3-11,14-15,17H,12-13,16H2,1-2H3,(H,24,25)/b15-14+. The van der Waals surface area contributed by atoms with Gasteiger partial charge in [-0.2, -0.15) is 0 Å². The van der Waals surface area contributed by atoms with Gasteiger partial charge in [0.2, 0.25) is 5.91 Å². The summed E-state index contributed by atoms with van der Waals surface area (Å²) in [6.07, 6.45) is 5.64. The van der Waals surface area contributed by atoms with E-state index in [1.165, 1.54) is 27.8 Å². The van der Waals surface area contributed by atoms with Crippen molar-refractivity contribution in [2.45, 2.75) is 26.7 Å². The molecule has 0 saturated carbocycles. The average Bonchev–Trinajstić information content (AvgIpc) is 2.64. The Balaban J connectivity index is 1.96. The number of allylic oxidation sites excluding steroid dienone is 2. The Bertz CT molecular complexity index is 800. The molecule has 3 rings (SSSR count). The van der Waals surface area contributed by atoms with Crippen molar-refractivity contribution in [3.8, 4) is 0 Å². The van der Waals surface area contributed by atoms with E-state index in [4.69, 9.17) is 0 Å². The molecule has 2 nitrogen and oxygen atoms in total. The molecular formula is C23H25NO. The Hall–Kier alpha value is -2.61. The Morgan fingerprint density at radius 3 is 2.52 bits per heavy atom. The number of hydrogen-bond acceptors (Lipinski definition) is 1. The topological polar surface area (TPSA) is 29.1 Å². The van der Waals surface area contributed by atoms with Crippen LogP contribution in [0.4, 0.5) is 0 Å². The molecule has 1 amide bonds. The molecule has 0 saturated heterocycles. The third-order valence-corrected chi connectivity index (χ3v) is 4.45. The largest absolute Gasteiger partial charge is 0.352 e. The maximum Gasteiger partial charge on any atom is 0.243 e. The predicted molar refractivity (Wildman–Crippen MR) is 104 cm³/mol. The second kappa shape index (κ2) is 7.98. The third kappa shape index (κ3) is 4.27. The lowest BCUT2D eigenvalue weighted by Gasteiger charge is -2.22. The number of benzene rings is 2. The van der Waals surface area contributed by atoms with Gasteiger partial charge in [0.15, 0.2) is 0 Å². The summed E-state index contributed by atoms with van der Waals surface area (Å²) >= 11 is 0. The second-order valence-electron chi connectivity index (χ2n) is 6.90. The van der Waals surface area contributed by atoms with E-state index in [-0.39, 0.29) is 5.91 Å². The van der Waals surface area contributed by atoms with Gasteiger partial charge in [-0.05, 0) is 46.6 Å². The van der Waals surface area contributed by atoms with Gasteiger partial charge in [-0.3, -0.25) is 4.79 Å². The summed E-state index contributed by atoms with van der Waals surface area (Å²) in [5.41, 5.74) is 6.33. The van der Waals surface area contributed by atoms with E-state index >= 15 is 0 Å². The lowest BCUT2D eigenvalue weighted by molar-refractivity contribution is -0.116. The monoisotopic (exact) mass is 331 g/mol. The van der Waals surface area contributed by atoms with Gasteiger partial charge in [0.25, 0.3) is 0 Å². The van der Waals surface area contributed by atoms with Gasteiger partial charge in [-0.25, -0.2) is 0 Å². The first-order valence-corrected chi connectivity index (χ1v) is 8.98. The molecule has 0 aromatic heterocycles. The van der Waals surface area contributed by atoms with E-state index in [1.807, 2.05) is 12.1 Å². The number of nitrogens with one attached hydrogen (secondary N) is 1. The molecule has 128 valence electrons. The number of fused-ring (bicyclic) bond motifs is 1. The molecule has 2 aromatic carbocycles. The van der Waals surface area contributed by atoms with Crippen LogP contribution >= 0.6 is 0 Å². The molecule has 0 heterocycles. The van der Waals surface area contributed by atoms with Crippen molar-refractivity contribution < 1.29 is 4.79 Å². The molecule has 0 unspecified atom stereocenters. The molecule has 1 aliphatic carbocycles. The van der Waals surface area contributed by atoms with Crippen molar-refractivity contribution in [3.63, 3.8) is 0 Å². The van der Waals surface area contributed by atoms with Crippen molar-refractivity contribution in [1.29, 1.82) is 0 Å². The quantitative estimate of drug-likeness (QED) is 0.786. The summed E-state index contributed by atoms with van der Waals surface area (Å²) in [5.74, 6) is 0.436. The third-order valence-electron chi connectivity index (χ3n) is 4.45. The lowest BCUT2D eigenvalue weighted by Crippen LogP contribution is -2.25. The summed E-state index contributed by atoms with van der Waals surface area (Å²) in [6.45, 7) is 4.90. The fraction of sp³-hybridized carbons (Fsp3) is 0.261. The fourth-order valence-electron chi connectivity index (χ4n) is 3.20. The van der Waals surface area contributed by atoms with Crippen LogP contribution in [-0.4, -0.2) is 12.5 Å². The molecular weight excluding hydrogens is 306 g/mol. The number of rotatable bonds is 5. The zero-order valence-corrected chi connectivity index (χ0v) is 15.0. The SMILES string of the molecule is CC(C)CNC(=O)/C=C/C1=C(c2ccccc2)c2ccccc2CC1. The highest BCUT2D eigenvalue weighted by molar-refractivity contribution is 5.91. The molecule has 0 spiro atoms. The van der Waals surface area contributed by atoms with Crippen LogP contribution in [0.1, 0.15) is 37.0 Å². The van der Waals surface area contributed by atoms with Gasteiger partial charge in [-0.15, -0.1) is 0 Å². The van der Waals surface area contributed by atoms with Crippen LogP contribution in [0.25, 0.3) is 5.57 Å². The first-order chi connectivity index (χ1) is 12.1. The predicted octanol–water partition coefficient (Wildman–Crippen LogP) is 4.76. The maximum absolute atomic E-state index is 12.1. The highest BCUT2D eigenvalue weighted by Gasteiger charge is 2.18. The number of amides is 1. The van der Waals surface area contributed by atoms with Crippen LogP contribution in [0, 0.1) is 5.92 Å².